The lowest BCUT2D eigenvalue weighted by atomic mass is 9.84. The number of fused-ring (bicyclic) bond motifs is 2. The zero-order chi connectivity index (χ0) is 7.73. The molecule has 0 aliphatic heterocycles. The van der Waals surface area contributed by atoms with E-state index < -0.39 is 0 Å². The molecule has 1 fully saturated rings. The van der Waals surface area contributed by atoms with Crippen LogP contribution < -0.4 is 5.73 Å². The van der Waals surface area contributed by atoms with Gasteiger partial charge in [-0.3, -0.25) is 0 Å². The largest absolute Gasteiger partial charge is 0.405 e. The first-order valence-corrected chi connectivity index (χ1v) is 4.41. The Labute approximate surface area is 68.0 Å². The molecule has 1 nitrogen and oxygen atoms in total. The summed E-state index contributed by atoms with van der Waals surface area (Å²) < 4.78 is 0. The van der Waals surface area contributed by atoms with Crippen molar-refractivity contribution < 1.29 is 0 Å². The Morgan fingerprint density at radius 1 is 1.64 bits per heavy atom. The lowest BCUT2D eigenvalue weighted by Crippen LogP contribution is -2.09. The minimum atomic E-state index is 0.514. The van der Waals surface area contributed by atoms with Gasteiger partial charge in [-0.05, 0) is 43.2 Å². The second-order valence-corrected chi connectivity index (χ2v) is 3.86. The standard InChI is InChI=1S/C10H15N/c11-7-1-4-10-5-2-9(8-10)3-6-10/h1-2,5,7,9H,3-4,6,8,11H2. The summed E-state index contributed by atoms with van der Waals surface area (Å²) in [5.74, 6) is 0.890. The van der Waals surface area contributed by atoms with Crippen LogP contribution in [0.15, 0.2) is 24.4 Å². The summed E-state index contributed by atoms with van der Waals surface area (Å²) in [6, 6.07) is 0. The van der Waals surface area contributed by atoms with E-state index in [1.807, 2.05) is 0 Å². The highest BCUT2D eigenvalue weighted by atomic mass is 14.5. The molecule has 2 bridgehead atoms. The van der Waals surface area contributed by atoms with E-state index in [0.29, 0.717) is 5.41 Å². The second-order valence-electron chi connectivity index (χ2n) is 3.86. The van der Waals surface area contributed by atoms with Crippen molar-refractivity contribution in [1.29, 1.82) is 0 Å². The Balaban J connectivity index is 2.06. The van der Waals surface area contributed by atoms with Gasteiger partial charge in [-0.1, -0.05) is 18.2 Å². The molecule has 2 unspecified atom stereocenters. The molecule has 0 radical (unpaired) electrons. The normalized spacial score (nSPS) is 40.9. The summed E-state index contributed by atoms with van der Waals surface area (Å²) >= 11 is 0. The highest BCUT2D eigenvalue weighted by Crippen LogP contribution is 2.51. The zero-order valence-corrected chi connectivity index (χ0v) is 6.79. The molecule has 1 heteroatoms. The molecular weight excluding hydrogens is 134 g/mol. The highest BCUT2D eigenvalue weighted by Gasteiger charge is 2.39. The summed E-state index contributed by atoms with van der Waals surface area (Å²) in [7, 11) is 0. The third-order valence-electron chi connectivity index (χ3n) is 3.06. The Morgan fingerprint density at radius 3 is 3.00 bits per heavy atom. The van der Waals surface area contributed by atoms with Gasteiger partial charge in [-0.25, -0.2) is 0 Å². The molecule has 0 spiro atoms. The van der Waals surface area contributed by atoms with Crippen molar-refractivity contribution in [3.05, 3.63) is 24.4 Å². The Morgan fingerprint density at radius 2 is 2.55 bits per heavy atom. The van der Waals surface area contributed by atoms with E-state index in [4.69, 9.17) is 5.73 Å². The van der Waals surface area contributed by atoms with Gasteiger partial charge in [0.1, 0.15) is 0 Å². The molecule has 11 heavy (non-hydrogen) atoms. The van der Waals surface area contributed by atoms with Gasteiger partial charge in [0.2, 0.25) is 0 Å². The fourth-order valence-electron chi connectivity index (χ4n) is 2.41. The third kappa shape index (κ3) is 1.09. The second kappa shape index (κ2) is 2.40. The van der Waals surface area contributed by atoms with E-state index >= 15 is 0 Å². The summed E-state index contributed by atoms with van der Waals surface area (Å²) in [6.45, 7) is 0. The first-order valence-electron chi connectivity index (χ1n) is 4.41. The molecule has 0 heterocycles. The molecule has 1 saturated carbocycles. The minimum Gasteiger partial charge on any atom is -0.405 e. The molecule has 2 rings (SSSR count). The fourth-order valence-corrected chi connectivity index (χ4v) is 2.41. The monoisotopic (exact) mass is 149 g/mol. The molecule has 0 aromatic carbocycles. The predicted molar refractivity (Wildman–Crippen MR) is 46.9 cm³/mol. The molecule has 0 aromatic heterocycles. The van der Waals surface area contributed by atoms with Crippen LogP contribution in [0.4, 0.5) is 0 Å². The van der Waals surface area contributed by atoms with Crippen LogP contribution >= 0.6 is 0 Å². The lowest BCUT2D eigenvalue weighted by Gasteiger charge is -2.20. The number of rotatable bonds is 2. The predicted octanol–water partition coefficient (Wildman–Crippen LogP) is 2.21. The molecule has 0 aromatic rings. The number of nitrogens with two attached hydrogens (primary N) is 1. The fraction of sp³-hybridized carbons (Fsp3) is 0.600. The van der Waals surface area contributed by atoms with Crippen LogP contribution in [0.25, 0.3) is 0 Å². The zero-order valence-electron chi connectivity index (χ0n) is 6.79. The van der Waals surface area contributed by atoms with Crippen molar-refractivity contribution >= 4 is 0 Å². The van der Waals surface area contributed by atoms with Gasteiger partial charge in [0.15, 0.2) is 0 Å². The van der Waals surface area contributed by atoms with Crippen molar-refractivity contribution in [2.75, 3.05) is 0 Å². The molecular formula is C10H15N. The van der Waals surface area contributed by atoms with Gasteiger partial charge in [-0.15, -0.1) is 0 Å². The smallest absolute Gasteiger partial charge is 0.00772 e. The Bertz CT molecular complexity index is 205. The first-order chi connectivity index (χ1) is 5.35. The van der Waals surface area contributed by atoms with Crippen LogP contribution in [0.5, 0.6) is 0 Å². The summed E-state index contributed by atoms with van der Waals surface area (Å²) in [5, 5.41) is 0. The average Bonchev–Trinajstić information content (AvgIpc) is 2.60. The van der Waals surface area contributed by atoms with E-state index in [1.54, 1.807) is 6.20 Å². The molecule has 0 saturated heterocycles. The summed E-state index contributed by atoms with van der Waals surface area (Å²) in [4.78, 5) is 0. The van der Waals surface area contributed by atoms with E-state index in [9.17, 15) is 0 Å². The van der Waals surface area contributed by atoms with Gasteiger partial charge in [0.05, 0.1) is 0 Å². The maximum absolute atomic E-state index is 5.33. The van der Waals surface area contributed by atoms with Crippen molar-refractivity contribution in [1.82, 2.24) is 0 Å². The molecule has 2 N–H and O–H groups in total. The number of hydrogen-bond donors (Lipinski definition) is 1. The molecule has 2 aliphatic rings. The van der Waals surface area contributed by atoms with Gasteiger partial charge in [0, 0.05) is 0 Å². The first kappa shape index (κ1) is 6.96. The number of allylic oxidation sites excluding steroid dienone is 3. The van der Waals surface area contributed by atoms with E-state index in [1.165, 1.54) is 19.3 Å². The molecule has 60 valence electrons. The van der Waals surface area contributed by atoms with Crippen LogP contribution in [0.1, 0.15) is 25.7 Å². The average molecular weight is 149 g/mol. The van der Waals surface area contributed by atoms with Crippen molar-refractivity contribution in [2.45, 2.75) is 25.7 Å². The van der Waals surface area contributed by atoms with Crippen molar-refractivity contribution in [3.63, 3.8) is 0 Å². The van der Waals surface area contributed by atoms with Crippen LogP contribution in [0.2, 0.25) is 0 Å². The minimum absolute atomic E-state index is 0.514. The SMILES string of the molecule is NC=CCC12C=CC(CC1)C2. The molecule has 2 atom stereocenters. The van der Waals surface area contributed by atoms with Crippen LogP contribution in [0.3, 0.4) is 0 Å². The van der Waals surface area contributed by atoms with Gasteiger partial charge >= 0.3 is 0 Å². The van der Waals surface area contributed by atoms with Crippen molar-refractivity contribution in [3.8, 4) is 0 Å². The van der Waals surface area contributed by atoms with Crippen molar-refractivity contribution in [2.24, 2.45) is 17.1 Å². The van der Waals surface area contributed by atoms with Crippen LogP contribution in [0, 0.1) is 11.3 Å². The Hall–Kier alpha value is -0.720. The summed E-state index contributed by atoms with van der Waals surface area (Å²) in [5.41, 5.74) is 5.84. The quantitative estimate of drug-likeness (QED) is 0.598. The van der Waals surface area contributed by atoms with E-state index in [0.717, 1.165) is 12.3 Å². The van der Waals surface area contributed by atoms with Gasteiger partial charge in [-0.2, -0.15) is 0 Å². The highest BCUT2D eigenvalue weighted by molar-refractivity contribution is 5.17. The topological polar surface area (TPSA) is 26.0 Å². The Kier molecular flexibility index (Phi) is 1.52. The van der Waals surface area contributed by atoms with Gasteiger partial charge in [0.25, 0.3) is 0 Å². The molecule has 2 aliphatic carbocycles. The van der Waals surface area contributed by atoms with E-state index in [-0.39, 0.29) is 0 Å². The summed E-state index contributed by atoms with van der Waals surface area (Å²) in [6.07, 6.45) is 13.8. The van der Waals surface area contributed by atoms with E-state index in [2.05, 4.69) is 18.2 Å². The van der Waals surface area contributed by atoms with Gasteiger partial charge < -0.3 is 5.73 Å². The van der Waals surface area contributed by atoms with Crippen LogP contribution in [-0.2, 0) is 0 Å². The maximum Gasteiger partial charge on any atom is -0.00772 e. The maximum atomic E-state index is 5.33. The number of hydrogen-bond acceptors (Lipinski definition) is 1. The lowest BCUT2D eigenvalue weighted by molar-refractivity contribution is 0.409. The molecule has 0 amide bonds. The van der Waals surface area contributed by atoms with Crippen LogP contribution in [-0.4, -0.2) is 0 Å². The third-order valence-corrected chi connectivity index (χ3v) is 3.06.